The highest BCUT2D eigenvalue weighted by Gasteiger charge is 2.29. The molecule has 0 amide bonds. The molecule has 0 aliphatic carbocycles. The second-order valence-electron chi connectivity index (χ2n) is 7.06. The largest absolute Gasteiger partial charge is 0.330 e. The summed E-state index contributed by atoms with van der Waals surface area (Å²) >= 11 is 0. The monoisotopic (exact) mass is 292 g/mol. The summed E-state index contributed by atoms with van der Waals surface area (Å²) in [6.07, 6.45) is 10.0. The van der Waals surface area contributed by atoms with Gasteiger partial charge in [0.05, 0.1) is 0 Å². The van der Waals surface area contributed by atoms with Crippen molar-refractivity contribution in [2.24, 2.45) is 17.1 Å². The third-order valence-corrected chi connectivity index (χ3v) is 4.98. The van der Waals surface area contributed by atoms with Gasteiger partial charge in [-0.25, -0.2) is 0 Å². The summed E-state index contributed by atoms with van der Waals surface area (Å²) in [6, 6.07) is 0. The first kappa shape index (κ1) is 18.5. The summed E-state index contributed by atoms with van der Waals surface area (Å²) in [5.41, 5.74) is 10.9. The van der Waals surface area contributed by atoms with Gasteiger partial charge >= 0.3 is 0 Å². The first-order valence-corrected chi connectivity index (χ1v) is 8.88. The average molecular weight is 293 g/mol. The Morgan fingerprint density at radius 2 is 1.95 bits per heavy atom. The van der Waals surface area contributed by atoms with Crippen molar-refractivity contribution in [2.75, 3.05) is 26.2 Å². The molecule has 1 aliphatic rings. The number of nitrogens with zero attached hydrogens (tertiary/aromatic N) is 1. The molecule has 122 valence electrons. The van der Waals surface area contributed by atoms with Crippen LogP contribution >= 0.6 is 0 Å². The molecule has 0 aromatic rings. The van der Waals surface area contributed by atoms with Crippen molar-refractivity contribution >= 4 is 0 Å². The highest BCUT2D eigenvalue weighted by molar-refractivity contribution is 5.04. The standard InChI is InChI=1S/C19H36N2/c1-5-7-11-19(6-2,12-8-17(3)4)16-21-13-9-18(15-20)10-14-21/h12,18H,5-7,9-11,13-16,20H2,1-4H3/t19-/m1/s1. The van der Waals surface area contributed by atoms with Crippen LogP contribution in [0, 0.1) is 11.3 Å². The predicted octanol–water partition coefficient (Wildman–Crippen LogP) is 4.37. The number of hydrogen-bond donors (Lipinski definition) is 1. The lowest BCUT2D eigenvalue weighted by molar-refractivity contribution is 0.126. The number of hydrogen-bond acceptors (Lipinski definition) is 2. The fourth-order valence-electron chi connectivity index (χ4n) is 3.24. The van der Waals surface area contributed by atoms with Gasteiger partial charge in [0, 0.05) is 12.0 Å². The van der Waals surface area contributed by atoms with Crippen LogP contribution in [0.25, 0.3) is 0 Å². The van der Waals surface area contributed by atoms with E-state index in [2.05, 4.69) is 44.4 Å². The number of rotatable bonds is 8. The molecule has 1 saturated heterocycles. The van der Waals surface area contributed by atoms with E-state index in [0.717, 1.165) is 12.5 Å². The van der Waals surface area contributed by atoms with E-state index in [1.165, 1.54) is 63.7 Å². The van der Waals surface area contributed by atoms with E-state index < -0.39 is 0 Å². The molecule has 0 unspecified atom stereocenters. The molecular formula is C19H36N2. The molecule has 21 heavy (non-hydrogen) atoms. The molecule has 1 atom stereocenters. The van der Waals surface area contributed by atoms with Crippen molar-refractivity contribution in [3.8, 4) is 0 Å². The smallest absolute Gasteiger partial charge is 0.00821 e. The normalized spacial score (nSPS) is 19.9. The zero-order chi connectivity index (χ0) is 15.7. The molecular weight excluding hydrogens is 256 g/mol. The topological polar surface area (TPSA) is 29.3 Å². The van der Waals surface area contributed by atoms with E-state index in [4.69, 9.17) is 5.73 Å². The number of likely N-dealkylation sites (tertiary alicyclic amines) is 1. The zero-order valence-corrected chi connectivity index (χ0v) is 14.8. The van der Waals surface area contributed by atoms with Gasteiger partial charge in [0.1, 0.15) is 0 Å². The van der Waals surface area contributed by atoms with Gasteiger partial charge in [-0.05, 0) is 76.7 Å². The Morgan fingerprint density at radius 1 is 1.29 bits per heavy atom. The molecule has 2 N–H and O–H groups in total. The minimum Gasteiger partial charge on any atom is -0.330 e. The second kappa shape index (κ2) is 9.46. The maximum Gasteiger partial charge on any atom is 0.00821 e. The van der Waals surface area contributed by atoms with Crippen molar-refractivity contribution in [2.45, 2.75) is 66.2 Å². The minimum atomic E-state index is 0.308. The van der Waals surface area contributed by atoms with Crippen molar-refractivity contribution in [1.29, 1.82) is 0 Å². The van der Waals surface area contributed by atoms with Crippen LogP contribution in [-0.2, 0) is 0 Å². The maximum absolute atomic E-state index is 5.81. The van der Waals surface area contributed by atoms with Crippen molar-refractivity contribution in [3.05, 3.63) is 17.4 Å². The van der Waals surface area contributed by atoms with Crippen LogP contribution in [-0.4, -0.2) is 31.1 Å². The third-order valence-electron chi connectivity index (χ3n) is 4.98. The summed E-state index contributed by atoms with van der Waals surface area (Å²) in [7, 11) is 0. The molecule has 0 aromatic heterocycles. The minimum absolute atomic E-state index is 0.308. The Kier molecular flexibility index (Phi) is 8.33. The molecule has 0 radical (unpaired) electrons. The van der Waals surface area contributed by atoms with Crippen LogP contribution in [0.5, 0.6) is 0 Å². The van der Waals surface area contributed by atoms with Crippen LogP contribution in [0.2, 0.25) is 0 Å². The van der Waals surface area contributed by atoms with Gasteiger partial charge in [0.25, 0.3) is 0 Å². The number of nitrogens with two attached hydrogens (primary N) is 1. The molecule has 1 rings (SSSR count). The van der Waals surface area contributed by atoms with Gasteiger partial charge in [-0.3, -0.25) is 0 Å². The fraction of sp³-hybridized carbons (Fsp3) is 0.842. The van der Waals surface area contributed by atoms with Gasteiger partial charge in [-0.15, -0.1) is 5.73 Å². The molecule has 0 spiro atoms. The van der Waals surface area contributed by atoms with Crippen LogP contribution < -0.4 is 5.73 Å². The first-order valence-electron chi connectivity index (χ1n) is 8.88. The van der Waals surface area contributed by atoms with Gasteiger partial charge < -0.3 is 10.6 Å². The Morgan fingerprint density at radius 3 is 2.43 bits per heavy atom. The Bertz CT molecular complexity index is 343. The molecule has 0 bridgehead atoms. The molecule has 1 heterocycles. The Hall–Kier alpha value is -0.560. The summed E-state index contributed by atoms with van der Waals surface area (Å²) < 4.78 is 0. The zero-order valence-electron chi connectivity index (χ0n) is 14.8. The van der Waals surface area contributed by atoms with E-state index in [-0.39, 0.29) is 0 Å². The SMILES string of the molecule is CCCC[C@@](C=C=C(C)C)(CC)CN1CCC(CN)CC1. The van der Waals surface area contributed by atoms with E-state index in [1.54, 1.807) is 0 Å². The average Bonchev–Trinajstić information content (AvgIpc) is 2.51. The van der Waals surface area contributed by atoms with Crippen LogP contribution in [0.4, 0.5) is 0 Å². The van der Waals surface area contributed by atoms with E-state index in [0.29, 0.717) is 5.41 Å². The summed E-state index contributed by atoms with van der Waals surface area (Å²) in [5, 5.41) is 0. The van der Waals surface area contributed by atoms with Crippen LogP contribution in [0.3, 0.4) is 0 Å². The van der Waals surface area contributed by atoms with Crippen molar-refractivity contribution < 1.29 is 0 Å². The van der Waals surface area contributed by atoms with E-state index in [1.807, 2.05) is 0 Å². The molecule has 1 fully saturated rings. The quantitative estimate of drug-likeness (QED) is 0.673. The van der Waals surface area contributed by atoms with Gasteiger partial charge in [0.2, 0.25) is 0 Å². The summed E-state index contributed by atoms with van der Waals surface area (Å²) in [6.45, 7) is 13.4. The second-order valence-corrected chi connectivity index (χ2v) is 7.06. The lowest BCUT2D eigenvalue weighted by Crippen LogP contribution is -2.42. The maximum atomic E-state index is 5.81. The molecule has 1 aliphatic heterocycles. The highest BCUT2D eigenvalue weighted by atomic mass is 15.1. The summed E-state index contributed by atoms with van der Waals surface area (Å²) in [5.74, 6) is 0.751. The summed E-state index contributed by atoms with van der Waals surface area (Å²) in [4.78, 5) is 2.66. The van der Waals surface area contributed by atoms with Gasteiger partial charge in [-0.2, -0.15) is 0 Å². The molecule has 2 nitrogen and oxygen atoms in total. The highest BCUT2D eigenvalue weighted by Crippen LogP contribution is 2.33. The predicted molar refractivity (Wildman–Crippen MR) is 93.4 cm³/mol. The third kappa shape index (κ3) is 6.38. The van der Waals surface area contributed by atoms with E-state index >= 15 is 0 Å². The first-order chi connectivity index (χ1) is 10.0. The van der Waals surface area contributed by atoms with Gasteiger partial charge in [0.15, 0.2) is 0 Å². The van der Waals surface area contributed by atoms with Crippen LogP contribution in [0.1, 0.15) is 66.2 Å². The van der Waals surface area contributed by atoms with Crippen molar-refractivity contribution in [1.82, 2.24) is 4.90 Å². The van der Waals surface area contributed by atoms with Gasteiger partial charge in [-0.1, -0.05) is 26.7 Å². The number of piperidine rings is 1. The number of unbranched alkanes of at least 4 members (excludes halogenated alkanes) is 1. The Balaban J connectivity index is 2.74. The lowest BCUT2D eigenvalue weighted by atomic mass is 9.78. The molecule has 2 heteroatoms. The molecule has 0 saturated carbocycles. The molecule has 0 aromatic carbocycles. The Labute approximate surface area is 132 Å². The fourth-order valence-corrected chi connectivity index (χ4v) is 3.24. The van der Waals surface area contributed by atoms with Crippen molar-refractivity contribution in [3.63, 3.8) is 0 Å². The van der Waals surface area contributed by atoms with E-state index in [9.17, 15) is 0 Å². The lowest BCUT2D eigenvalue weighted by Gasteiger charge is -2.39. The van der Waals surface area contributed by atoms with Crippen LogP contribution in [0.15, 0.2) is 17.4 Å².